The number of ketones is 1. The molecular formula is C25H16Cl2FNO. The van der Waals surface area contributed by atoms with Crippen LogP contribution < -0.4 is 0 Å². The second kappa shape index (κ2) is 8.39. The Balaban J connectivity index is 1.88. The summed E-state index contributed by atoms with van der Waals surface area (Å²) in [5.41, 5.74) is 4.20. The number of allylic oxidation sites excluding steroid dienone is 1. The van der Waals surface area contributed by atoms with Gasteiger partial charge in [0.15, 0.2) is 5.78 Å². The molecule has 4 aromatic rings. The number of fused-ring (bicyclic) bond motifs is 1. The molecule has 30 heavy (non-hydrogen) atoms. The SMILES string of the molecule is Cc1nc2cc(Cl)ccc2c(-c2ccccc2)c1C(=O)/C=C/c1ccc(F)c(Cl)c1. The fourth-order valence-corrected chi connectivity index (χ4v) is 3.79. The Bertz CT molecular complexity index is 1300. The van der Waals surface area contributed by atoms with Crippen LogP contribution in [0.4, 0.5) is 4.39 Å². The van der Waals surface area contributed by atoms with Gasteiger partial charge in [0, 0.05) is 21.7 Å². The van der Waals surface area contributed by atoms with E-state index in [2.05, 4.69) is 4.98 Å². The van der Waals surface area contributed by atoms with Gasteiger partial charge in [0.1, 0.15) is 5.82 Å². The third-order valence-corrected chi connectivity index (χ3v) is 5.33. The normalized spacial score (nSPS) is 11.3. The van der Waals surface area contributed by atoms with Gasteiger partial charge in [-0.3, -0.25) is 9.78 Å². The number of aromatic nitrogens is 1. The second-order valence-electron chi connectivity index (χ2n) is 6.85. The Morgan fingerprint density at radius 1 is 1.00 bits per heavy atom. The Morgan fingerprint density at radius 3 is 2.50 bits per heavy atom. The van der Waals surface area contributed by atoms with E-state index in [1.807, 2.05) is 43.3 Å². The van der Waals surface area contributed by atoms with Crippen molar-refractivity contribution in [2.45, 2.75) is 6.92 Å². The van der Waals surface area contributed by atoms with Gasteiger partial charge >= 0.3 is 0 Å². The maximum absolute atomic E-state index is 13.4. The summed E-state index contributed by atoms with van der Waals surface area (Å²) in [7, 11) is 0. The average molecular weight is 436 g/mol. The molecular weight excluding hydrogens is 420 g/mol. The molecule has 0 atom stereocenters. The molecule has 3 aromatic carbocycles. The fraction of sp³-hybridized carbons (Fsp3) is 0.0400. The van der Waals surface area contributed by atoms with Gasteiger partial charge in [-0.1, -0.05) is 71.7 Å². The molecule has 4 rings (SSSR count). The number of halogens is 3. The van der Waals surface area contributed by atoms with Crippen molar-refractivity contribution in [2.24, 2.45) is 0 Å². The molecule has 1 aromatic heterocycles. The second-order valence-corrected chi connectivity index (χ2v) is 7.69. The first-order valence-corrected chi connectivity index (χ1v) is 10.0. The zero-order valence-corrected chi connectivity index (χ0v) is 17.5. The van der Waals surface area contributed by atoms with E-state index in [0.717, 1.165) is 22.0 Å². The van der Waals surface area contributed by atoms with Gasteiger partial charge in [0.05, 0.1) is 16.1 Å². The van der Waals surface area contributed by atoms with Crippen molar-refractivity contribution in [3.8, 4) is 11.1 Å². The molecule has 0 fully saturated rings. The van der Waals surface area contributed by atoms with E-state index in [1.165, 1.54) is 18.2 Å². The number of carbonyl (C=O) groups excluding carboxylic acids is 1. The van der Waals surface area contributed by atoms with Crippen LogP contribution >= 0.6 is 23.2 Å². The summed E-state index contributed by atoms with van der Waals surface area (Å²) in [6.07, 6.45) is 3.08. The predicted octanol–water partition coefficient (Wildman–Crippen LogP) is 7.55. The number of rotatable bonds is 4. The molecule has 0 aliphatic heterocycles. The summed E-state index contributed by atoms with van der Waals surface area (Å²) in [5, 5.41) is 1.44. The smallest absolute Gasteiger partial charge is 0.188 e. The summed E-state index contributed by atoms with van der Waals surface area (Å²) in [4.78, 5) is 17.9. The Hall–Kier alpha value is -3.01. The first kappa shape index (κ1) is 20.3. The fourth-order valence-electron chi connectivity index (χ4n) is 3.44. The van der Waals surface area contributed by atoms with E-state index in [1.54, 1.807) is 24.3 Å². The van der Waals surface area contributed by atoms with Crippen LogP contribution in [0.2, 0.25) is 10.0 Å². The molecule has 0 saturated carbocycles. The average Bonchev–Trinajstić information content (AvgIpc) is 2.74. The van der Waals surface area contributed by atoms with Crippen LogP contribution in [0.5, 0.6) is 0 Å². The largest absolute Gasteiger partial charge is 0.289 e. The summed E-state index contributed by atoms with van der Waals surface area (Å²) in [6, 6.07) is 19.5. The monoisotopic (exact) mass is 435 g/mol. The summed E-state index contributed by atoms with van der Waals surface area (Å²) in [5.74, 6) is -0.698. The maximum Gasteiger partial charge on any atom is 0.188 e. The number of hydrogen-bond donors (Lipinski definition) is 0. The molecule has 0 spiro atoms. The van der Waals surface area contributed by atoms with Crippen LogP contribution in [0.3, 0.4) is 0 Å². The highest BCUT2D eigenvalue weighted by molar-refractivity contribution is 6.31. The maximum atomic E-state index is 13.4. The quantitative estimate of drug-likeness (QED) is 0.244. The molecule has 1 heterocycles. The lowest BCUT2D eigenvalue weighted by Gasteiger charge is -2.14. The molecule has 0 bridgehead atoms. The molecule has 148 valence electrons. The number of carbonyl (C=O) groups is 1. The van der Waals surface area contributed by atoms with Gasteiger partial charge in [-0.05, 0) is 48.4 Å². The van der Waals surface area contributed by atoms with Crippen LogP contribution in [0.25, 0.3) is 28.1 Å². The molecule has 5 heteroatoms. The van der Waals surface area contributed by atoms with Crippen molar-refractivity contribution in [3.63, 3.8) is 0 Å². The van der Waals surface area contributed by atoms with E-state index in [4.69, 9.17) is 23.2 Å². The number of nitrogens with zero attached hydrogens (tertiary/aromatic N) is 1. The summed E-state index contributed by atoms with van der Waals surface area (Å²) in [6.45, 7) is 1.81. The predicted molar refractivity (Wildman–Crippen MR) is 122 cm³/mol. The minimum absolute atomic E-state index is 0.00926. The molecule has 0 aliphatic rings. The first-order valence-electron chi connectivity index (χ1n) is 9.27. The Labute approximate surface area is 183 Å². The standard InChI is InChI=1S/C25H16Cl2FNO/c1-15-24(23(30)12-8-16-7-11-21(28)20(27)13-16)25(17-5-3-2-4-6-17)19-10-9-18(26)14-22(19)29-15/h2-14H,1H3/b12-8+. The number of benzene rings is 3. The van der Waals surface area contributed by atoms with Crippen molar-refractivity contribution >= 4 is 46.0 Å². The first-order chi connectivity index (χ1) is 14.4. The van der Waals surface area contributed by atoms with Gasteiger partial charge in [0.25, 0.3) is 0 Å². The van der Waals surface area contributed by atoms with Gasteiger partial charge < -0.3 is 0 Å². The van der Waals surface area contributed by atoms with E-state index >= 15 is 0 Å². The van der Waals surface area contributed by atoms with Gasteiger partial charge in [0.2, 0.25) is 0 Å². The van der Waals surface area contributed by atoms with Crippen LogP contribution in [-0.4, -0.2) is 10.8 Å². The van der Waals surface area contributed by atoms with Gasteiger partial charge in [-0.25, -0.2) is 4.39 Å². The molecule has 0 radical (unpaired) electrons. The lowest BCUT2D eigenvalue weighted by atomic mass is 9.92. The van der Waals surface area contributed by atoms with Crippen molar-refractivity contribution in [1.82, 2.24) is 4.98 Å². The minimum Gasteiger partial charge on any atom is -0.289 e. The van der Waals surface area contributed by atoms with Crippen LogP contribution in [0.15, 0.2) is 72.8 Å². The molecule has 2 nitrogen and oxygen atoms in total. The van der Waals surface area contributed by atoms with Crippen LogP contribution in [0, 0.1) is 12.7 Å². The lowest BCUT2D eigenvalue weighted by molar-refractivity contribution is 0.104. The van der Waals surface area contributed by atoms with Crippen LogP contribution in [-0.2, 0) is 0 Å². The molecule has 0 N–H and O–H groups in total. The highest BCUT2D eigenvalue weighted by atomic mass is 35.5. The van der Waals surface area contributed by atoms with E-state index < -0.39 is 5.82 Å². The lowest BCUT2D eigenvalue weighted by Crippen LogP contribution is -2.05. The van der Waals surface area contributed by atoms with Crippen molar-refractivity contribution < 1.29 is 9.18 Å². The number of pyridine rings is 1. The summed E-state index contributed by atoms with van der Waals surface area (Å²) < 4.78 is 13.4. The third-order valence-electron chi connectivity index (χ3n) is 4.81. The molecule has 0 unspecified atom stereocenters. The van der Waals surface area contributed by atoms with Gasteiger partial charge in [-0.15, -0.1) is 0 Å². The van der Waals surface area contributed by atoms with Crippen LogP contribution in [0.1, 0.15) is 21.6 Å². The Kier molecular flexibility index (Phi) is 5.67. The van der Waals surface area contributed by atoms with E-state index in [9.17, 15) is 9.18 Å². The molecule has 0 aliphatic carbocycles. The van der Waals surface area contributed by atoms with Crippen molar-refractivity contribution in [2.75, 3.05) is 0 Å². The topological polar surface area (TPSA) is 30.0 Å². The van der Waals surface area contributed by atoms with E-state index in [-0.39, 0.29) is 10.8 Å². The molecule has 0 saturated heterocycles. The van der Waals surface area contributed by atoms with Gasteiger partial charge in [-0.2, -0.15) is 0 Å². The highest BCUT2D eigenvalue weighted by Crippen LogP contribution is 2.34. The third kappa shape index (κ3) is 4.00. The number of hydrogen-bond acceptors (Lipinski definition) is 2. The van der Waals surface area contributed by atoms with Crippen molar-refractivity contribution in [1.29, 1.82) is 0 Å². The number of aryl methyl sites for hydroxylation is 1. The zero-order valence-electron chi connectivity index (χ0n) is 16.0. The zero-order chi connectivity index (χ0) is 21.3. The van der Waals surface area contributed by atoms with E-state index in [0.29, 0.717) is 21.8 Å². The molecule has 0 amide bonds. The Morgan fingerprint density at radius 2 is 1.77 bits per heavy atom. The summed E-state index contributed by atoms with van der Waals surface area (Å²) >= 11 is 12.0. The highest BCUT2D eigenvalue weighted by Gasteiger charge is 2.19. The van der Waals surface area contributed by atoms with Crippen molar-refractivity contribution in [3.05, 3.63) is 105 Å². The minimum atomic E-state index is -0.500.